The van der Waals surface area contributed by atoms with E-state index < -0.39 is 0 Å². The quantitative estimate of drug-likeness (QED) is 0.768. The van der Waals surface area contributed by atoms with Crippen molar-refractivity contribution in [3.8, 4) is 5.75 Å². The summed E-state index contributed by atoms with van der Waals surface area (Å²) < 4.78 is 10.5. The number of carbonyl (C=O) groups excluding carboxylic acids is 1. The fourth-order valence-corrected chi connectivity index (χ4v) is 3.38. The first-order valence-electron chi connectivity index (χ1n) is 8.27. The Balaban J connectivity index is 2.05. The summed E-state index contributed by atoms with van der Waals surface area (Å²) in [5, 5.41) is 3.09. The van der Waals surface area contributed by atoms with E-state index in [0.717, 1.165) is 18.6 Å². The average Bonchev–Trinajstić information content (AvgIpc) is 3.08. The van der Waals surface area contributed by atoms with Crippen molar-refractivity contribution in [2.75, 3.05) is 27.3 Å². The number of methoxy groups -OCH3 is 2. The molecule has 0 radical (unpaired) electrons. The topological polar surface area (TPSA) is 73.6 Å². The Morgan fingerprint density at radius 2 is 2.09 bits per heavy atom. The number of hydrogen-bond donors (Lipinski definition) is 2. The molecule has 128 valence electrons. The highest BCUT2D eigenvalue weighted by Crippen LogP contribution is 2.41. The SMILES string of the molecule is COc1cccc(C2(CNC(=O)CC(CN)OC)CCCC2)c1. The van der Waals surface area contributed by atoms with Gasteiger partial charge < -0.3 is 20.5 Å². The molecule has 5 heteroatoms. The maximum absolute atomic E-state index is 12.2. The molecule has 1 fully saturated rings. The third kappa shape index (κ3) is 4.45. The zero-order valence-electron chi connectivity index (χ0n) is 14.1. The number of nitrogens with one attached hydrogen (secondary N) is 1. The van der Waals surface area contributed by atoms with Crippen molar-refractivity contribution >= 4 is 5.91 Å². The molecule has 1 atom stereocenters. The molecular formula is C18H28N2O3. The van der Waals surface area contributed by atoms with Crippen molar-refractivity contribution in [2.45, 2.75) is 43.6 Å². The second-order valence-corrected chi connectivity index (χ2v) is 6.29. The van der Waals surface area contributed by atoms with Crippen LogP contribution in [0, 0.1) is 0 Å². The van der Waals surface area contributed by atoms with Gasteiger partial charge in [-0.3, -0.25) is 4.79 Å². The fourth-order valence-electron chi connectivity index (χ4n) is 3.38. The van der Waals surface area contributed by atoms with Gasteiger partial charge >= 0.3 is 0 Å². The van der Waals surface area contributed by atoms with Crippen LogP contribution in [0.25, 0.3) is 0 Å². The fraction of sp³-hybridized carbons (Fsp3) is 0.611. The molecule has 0 heterocycles. The molecule has 0 spiro atoms. The van der Waals surface area contributed by atoms with E-state index in [0.29, 0.717) is 19.5 Å². The molecule has 1 aromatic carbocycles. The minimum absolute atomic E-state index is 0.00327. The number of nitrogens with two attached hydrogens (primary N) is 1. The molecule has 1 unspecified atom stereocenters. The van der Waals surface area contributed by atoms with Crippen molar-refractivity contribution in [1.29, 1.82) is 0 Å². The second-order valence-electron chi connectivity index (χ2n) is 6.29. The molecule has 1 aliphatic rings. The summed E-state index contributed by atoms with van der Waals surface area (Å²) >= 11 is 0. The van der Waals surface area contributed by atoms with Gasteiger partial charge in [0.15, 0.2) is 0 Å². The first-order valence-corrected chi connectivity index (χ1v) is 8.27. The van der Waals surface area contributed by atoms with E-state index in [-0.39, 0.29) is 17.4 Å². The van der Waals surface area contributed by atoms with Crippen LogP contribution in [0.15, 0.2) is 24.3 Å². The van der Waals surface area contributed by atoms with Gasteiger partial charge in [0.2, 0.25) is 5.91 Å². The number of carbonyl (C=O) groups is 1. The largest absolute Gasteiger partial charge is 0.497 e. The molecule has 0 aromatic heterocycles. The van der Waals surface area contributed by atoms with Crippen LogP contribution in [0.4, 0.5) is 0 Å². The molecule has 2 rings (SSSR count). The van der Waals surface area contributed by atoms with Crippen LogP contribution in [0.5, 0.6) is 5.75 Å². The minimum atomic E-state index is -0.216. The summed E-state index contributed by atoms with van der Waals surface area (Å²) in [5.41, 5.74) is 6.84. The zero-order chi connectivity index (χ0) is 16.7. The summed E-state index contributed by atoms with van der Waals surface area (Å²) in [6.45, 7) is 1.00. The molecule has 5 nitrogen and oxygen atoms in total. The van der Waals surface area contributed by atoms with E-state index in [1.54, 1.807) is 14.2 Å². The summed E-state index contributed by atoms with van der Waals surface area (Å²) in [5.74, 6) is 0.860. The second kappa shape index (κ2) is 8.31. The summed E-state index contributed by atoms with van der Waals surface area (Å²) in [6, 6.07) is 8.20. The number of amides is 1. The lowest BCUT2D eigenvalue weighted by molar-refractivity contribution is -0.123. The lowest BCUT2D eigenvalue weighted by atomic mass is 9.78. The number of benzene rings is 1. The first-order chi connectivity index (χ1) is 11.1. The zero-order valence-corrected chi connectivity index (χ0v) is 14.1. The van der Waals surface area contributed by atoms with Crippen LogP contribution in [0.3, 0.4) is 0 Å². The van der Waals surface area contributed by atoms with Gasteiger partial charge in [0.25, 0.3) is 0 Å². The summed E-state index contributed by atoms with van der Waals surface area (Å²) in [4.78, 5) is 12.2. The predicted octanol–water partition coefficient (Wildman–Crippen LogP) is 1.99. The molecule has 1 aromatic rings. The van der Waals surface area contributed by atoms with E-state index in [1.165, 1.54) is 18.4 Å². The molecule has 1 aliphatic carbocycles. The average molecular weight is 320 g/mol. The Hall–Kier alpha value is -1.59. The smallest absolute Gasteiger partial charge is 0.222 e. The monoisotopic (exact) mass is 320 g/mol. The Morgan fingerprint density at radius 1 is 1.35 bits per heavy atom. The molecule has 1 saturated carbocycles. The van der Waals surface area contributed by atoms with Gasteiger partial charge in [-0.2, -0.15) is 0 Å². The van der Waals surface area contributed by atoms with Gasteiger partial charge in [-0.1, -0.05) is 25.0 Å². The normalized spacial score (nSPS) is 17.7. The van der Waals surface area contributed by atoms with Crippen LogP contribution < -0.4 is 15.8 Å². The first kappa shape index (κ1) is 17.8. The molecule has 0 aliphatic heterocycles. The van der Waals surface area contributed by atoms with Gasteiger partial charge in [-0.05, 0) is 30.5 Å². The van der Waals surface area contributed by atoms with Crippen molar-refractivity contribution in [1.82, 2.24) is 5.32 Å². The maximum Gasteiger partial charge on any atom is 0.222 e. The van der Waals surface area contributed by atoms with E-state index in [2.05, 4.69) is 17.4 Å². The van der Waals surface area contributed by atoms with Gasteiger partial charge in [-0.15, -0.1) is 0 Å². The van der Waals surface area contributed by atoms with Crippen LogP contribution in [-0.4, -0.2) is 39.3 Å². The molecule has 3 N–H and O–H groups in total. The van der Waals surface area contributed by atoms with Gasteiger partial charge in [-0.25, -0.2) is 0 Å². The van der Waals surface area contributed by atoms with E-state index in [4.69, 9.17) is 15.2 Å². The Morgan fingerprint density at radius 3 is 2.70 bits per heavy atom. The van der Waals surface area contributed by atoms with Crippen molar-refractivity contribution in [3.05, 3.63) is 29.8 Å². The number of ether oxygens (including phenoxy) is 2. The highest BCUT2D eigenvalue weighted by atomic mass is 16.5. The van der Waals surface area contributed by atoms with Crippen molar-refractivity contribution in [2.24, 2.45) is 5.73 Å². The lowest BCUT2D eigenvalue weighted by Gasteiger charge is -2.30. The third-order valence-corrected chi connectivity index (χ3v) is 4.88. The lowest BCUT2D eigenvalue weighted by Crippen LogP contribution is -2.41. The molecule has 1 amide bonds. The van der Waals surface area contributed by atoms with Crippen LogP contribution in [0.1, 0.15) is 37.7 Å². The molecule has 23 heavy (non-hydrogen) atoms. The minimum Gasteiger partial charge on any atom is -0.497 e. The van der Waals surface area contributed by atoms with Gasteiger partial charge in [0.1, 0.15) is 5.75 Å². The molecular weight excluding hydrogens is 292 g/mol. The Kier molecular flexibility index (Phi) is 6.42. The summed E-state index contributed by atoms with van der Waals surface area (Å²) in [7, 11) is 3.26. The Labute approximate surface area is 138 Å². The van der Waals surface area contributed by atoms with Crippen molar-refractivity contribution < 1.29 is 14.3 Å². The number of rotatable bonds is 8. The number of hydrogen-bond acceptors (Lipinski definition) is 4. The highest BCUT2D eigenvalue weighted by molar-refractivity contribution is 5.76. The van der Waals surface area contributed by atoms with E-state index in [1.807, 2.05) is 12.1 Å². The van der Waals surface area contributed by atoms with Crippen LogP contribution >= 0.6 is 0 Å². The van der Waals surface area contributed by atoms with Gasteiger partial charge in [0, 0.05) is 25.6 Å². The van der Waals surface area contributed by atoms with E-state index in [9.17, 15) is 4.79 Å². The van der Waals surface area contributed by atoms with E-state index >= 15 is 0 Å². The van der Waals surface area contributed by atoms with Gasteiger partial charge in [0.05, 0.1) is 19.6 Å². The molecule has 0 bridgehead atoms. The maximum atomic E-state index is 12.2. The van der Waals surface area contributed by atoms with Crippen molar-refractivity contribution in [3.63, 3.8) is 0 Å². The Bertz CT molecular complexity index is 509. The summed E-state index contributed by atoms with van der Waals surface area (Å²) in [6.07, 6.45) is 4.65. The van der Waals surface area contributed by atoms with Crippen LogP contribution in [-0.2, 0) is 14.9 Å². The predicted molar refractivity (Wildman–Crippen MR) is 90.6 cm³/mol. The molecule has 0 saturated heterocycles. The highest BCUT2D eigenvalue weighted by Gasteiger charge is 2.36. The third-order valence-electron chi connectivity index (χ3n) is 4.88. The van der Waals surface area contributed by atoms with Crippen LogP contribution in [0.2, 0.25) is 0 Å². The standard InChI is InChI=1S/C18H28N2O3/c1-22-15-7-5-6-14(10-15)18(8-3-4-9-18)13-20-17(21)11-16(12-19)23-2/h5-7,10,16H,3-4,8-9,11-13,19H2,1-2H3,(H,20,21).